The van der Waals surface area contributed by atoms with E-state index in [0.29, 0.717) is 34.9 Å². The van der Waals surface area contributed by atoms with E-state index < -0.39 is 11.8 Å². The molecular weight excluding hydrogens is 341 g/mol. The lowest BCUT2D eigenvalue weighted by Gasteiger charge is -2.08. The minimum Gasteiger partial charge on any atom is -0.492 e. The molecule has 0 unspecified atom stereocenters. The Kier molecular flexibility index (Phi) is 5.28. The molecule has 2 aromatic heterocycles. The molecule has 0 amide bonds. The van der Waals surface area contributed by atoms with Gasteiger partial charge in [-0.2, -0.15) is 5.10 Å². The summed E-state index contributed by atoms with van der Waals surface area (Å²) in [5, 5.41) is 15.9. The third-order valence-corrected chi connectivity index (χ3v) is 3.58. The van der Waals surface area contributed by atoms with Crippen molar-refractivity contribution in [3.63, 3.8) is 0 Å². The van der Waals surface area contributed by atoms with E-state index in [1.807, 2.05) is 0 Å². The number of carboxylic acids is 1. The Morgan fingerprint density at radius 2 is 2.23 bits per heavy atom. The Labute approximate surface area is 148 Å². The second-order valence-electron chi connectivity index (χ2n) is 5.52. The molecule has 8 nitrogen and oxygen atoms in total. The van der Waals surface area contributed by atoms with E-state index >= 15 is 0 Å². The average Bonchev–Trinajstić information content (AvgIpc) is 3.02. The van der Waals surface area contributed by atoms with Crippen molar-refractivity contribution in [2.24, 2.45) is 5.73 Å². The van der Waals surface area contributed by atoms with Crippen LogP contribution >= 0.6 is 0 Å². The third kappa shape index (κ3) is 4.06. The van der Waals surface area contributed by atoms with Crippen LogP contribution in [0.5, 0.6) is 5.75 Å². The zero-order valence-electron chi connectivity index (χ0n) is 13.9. The topological polar surface area (TPSA) is 115 Å². The molecule has 2 heterocycles. The molecule has 3 aromatic rings. The average molecular weight is 359 g/mol. The number of carboxylic acid groups (broad SMARTS) is 1. The molecule has 0 bridgehead atoms. The zero-order chi connectivity index (χ0) is 18.5. The van der Waals surface area contributed by atoms with Gasteiger partial charge >= 0.3 is 5.97 Å². The van der Waals surface area contributed by atoms with Crippen LogP contribution in [0, 0.1) is 5.82 Å². The van der Waals surface area contributed by atoms with E-state index in [9.17, 15) is 9.18 Å². The van der Waals surface area contributed by atoms with E-state index in [4.69, 9.17) is 15.6 Å². The van der Waals surface area contributed by atoms with Gasteiger partial charge in [-0.3, -0.25) is 4.79 Å². The molecule has 0 atom stereocenters. The summed E-state index contributed by atoms with van der Waals surface area (Å²) in [4.78, 5) is 15.1. The molecule has 0 aliphatic rings. The fourth-order valence-corrected chi connectivity index (χ4v) is 2.45. The van der Waals surface area contributed by atoms with Crippen LogP contribution < -0.4 is 15.8 Å². The van der Waals surface area contributed by atoms with Crippen LogP contribution in [0.1, 0.15) is 6.42 Å². The molecule has 0 aliphatic carbocycles. The Balaban J connectivity index is 1.92. The number of nitrogens with one attached hydrogen (secondary N) is 1. The van der Waals surface area contributed by atoms with E-state index in [-0.39, 0.29) is 19.6 Å². The van der Waals surface area contributed by atoms with Crippen LogP contribution in [0.2, 0.25) is 0 Å². The number of fused-ring (bicyclic) bond motifs is 1. The smallest absolute Gasteiger partial charge is 0.305 e. The van der Waals surface area contributed by atoms with Crippen LogP contribution in [0.3, 0.4) is 0 Å². The zero-order valence-corrected chi connectivity index (χ0v) is 13.9. The number of ether oxygens (including phenoxy) is 1. The lowest BCUT2D eigenvalue weighted by Crippen LogP contribution is -2.10. The molecule has 26 heavy (non-hydrogen) atoms. The Morgan fingerprint density at radius 3 is 3.00 bits per heavy atom. The largest absolute Gasteiger partial charge is 0.492 e. The number of rotatable bonds is 8. The molecule has 0 saturated carbocycles. The Bertz CT molecular complexity index is 928. The maximum Gasteiger partial charge on any atom is 0.305 e. The van der Waals surface area contributed by atoms with Gasteiger partial charge in [-0.1, -0.05) is 0 Å². The lowest BCUT2D eigenvalue weighted by molar-refractivity contribution is -0.136. The van der Waals surface area contributed by atoms with Gasteiger partial charge in [0.1, 0.15) is 24.0 Å². The SMILES string of the molecule is NCCOc1cc(F)cc(-c2cnn3ccc(NCCC(=O)O)nc23)c1. The molecule has 4 N–H and O–H groups in total. The van der Waals surface area contributed by atoms with Crippen molar-refractivity contribution in [3.8, 4) is 16.9 Å². The van der Waals surface area contributed by atoms with E-state index in [1.165, 1.54) is 12.1 Å². The van der Waals surface area contributed by atoms with E-state index in [2.05, 4.69) is 15.4 Å². The third-order valence-electron chi connectivity index (χ3n) is 3.58. The summed E-state index contributed by atoms with van der Waals surface area (Å²) in [7, 11) is 0. The van der Waals surface area contributed by atoms with E-state index in [1.54, 1.807) is 29.0 Å². The number of anilines is 1. The summed E-state index contributed by atoms with van der Waals surface area (Å²) in [6.07, 6.45) is 3.26. The molecular formula is C17H18FN5O3. The minimum absolute atomic E-state index is 0.0231. The van der Waals surface area contributed by atoms with Crippen molar-refractivity contribution in [1.82, 2.24) is 14.6 Å². The molecule has 0 saturated heterocycles. The number of halogens is 1. The van der Waals surface area contributed by atoms with Crippen molar-refractivity contribution >= 4 is 17.4 Å². The maximum atomic E-state index is 13.9. The number of hydrogen-bond acceptors (Lipinski definition) is 6. The second kappa shape index (κ2) is 7.79. The first-order valence-electron chi connectivity index (χ1n) is 8.00. The maximum absolute atomic E-state index is 13.9. The van der Waals surface area contributed by atoms with Crippen molar-refractivity contribution in [2.75, 3.05) is 25.0 Å². The van der Waals surface area contributed by atoms with Crippen LogP contribution in [-0.4, -0.2) is 45.4 Å². The predicted molar refractivity (Wildman–Crippen MR) is 93.7 cm³/mol. The minimum atomic E-state index is -0.895. The van der Waals surface area contributed by atoms with Crippen molar-refractivity contribution < 1.29 is 19.0 Å². The molecule has 3 rings (SSSR count). The molecule has 136 valence electrons. The van der Waals surface area contributed by atoms with Crippen molar-refractivity contribution in [2.45, 2.75) is 6.42 Å². The highest BCUT2D eigenvalue weighted by molar-refractivity contribution is 5.78. The first kappa shape index (κ1) is 17.6. The van der Waals surface area contributed by atoms with Crippen LogP contribution in [-0.2, 0) is 4.79 Å². The van der Waals surface area contributed by atoms with Gasteiger partial charge in [0.25, 0.3) is 0 Å². The summed E-state index contributed by atoms with van der Waals surface area (Å²) >= 11 is 0. The van der Waals surface area contributed by atoms with Crippen molar-refractivity contribution in [3.05, 3.63) is 42.5 Å². The molecule has 1 aromatic carbocycles. The second-order valence-corrected chi connectivity index (χ2v) is 5.52. The number of nitrogens with zero attached hydrogens (tertiary/aromatic N) is 3. The fraction of sp³-hybridized carbons (Fsp3) is 0.235. The molecule has 0 aliphatic heterocycles. The summed E-state index contributed by atoms with van der Waals surface area (Å²) < 4.78 is 20.9. The number of aromatic nitrogens is 3. The van der Waals surface area contributed by atoms with Gasteiger partial charge in [-0.25, -0.2) is 13.9 Å². The highest BCUT2D eigenvalue weighted by Crippen LogP contribution is 2.28. The van der Waals surface area contributed by atoms with Crippen molar-refractivity contribution in [1.29, 1.82) is 0 Å². The molecule has 0 radical (unpaired) electrons. The van der Waals surface area contributed by atoms with Gasteiger partial charge in [0.05, 0.1) is 12.6 Å². The lowest BCUT2D eigenvalue weighted by atomic mass is 10.1. The predicted octanol–water partition coefficient (Wildman–Crippen LogP) is 1.76. The number of benzene rings is 1. The number of aliphatic carboxylic acids is 1. The monoisotopic (exact) mass is 359 g/mol. The highest BCUT2D eigenvalue weighted by Gasteiger charge is 2.12. The standard InChI is InChI=1S/C17H18FN5O3/c18-12-7-11(8-13(9-12)26-6-3-19)14-10-21-23-5-2-15(22-17(14)23)20-4-1-16(24)25/h2,5,7-10H,1,3-4,6,19H2,(H,20,22)(H,24,25). The summed E-state index contributed by atoms with van der Waals surface area (Å²) in [6, 6.07) is 6.05. The van der Waals surface area contributed by atoms with Gasteiger partial charge in [0.15, 0.2) is 5.65 Å². The van der Waals surface area contributed by atoms with E-state index in [0.717, 1.165) is 0 Å². The van der Waals surface area contributed by atoms with Gasteiger partial charge in [0.2, 0.25) is 0 Å². The summed E-state index contributed by atoms with van der Waals surface area (Å²) in [6.45, 7) is 0.863. The van der Waals surface area contributed by atoms with Crippen LogP contribution in [0.25, 0.3) is 16.8 Å². The quantitative estimate of drug-likeness (QED) is 0.561. The van der Waals surface area contributed by atoms with Gasteiger partial charge in [0, 0.05) is 30.9 Å². The summed E-state index contributed by atoms with van der Waals surface area (Å²) in [5.74, 6) is -0.449. The first-order valence-corrected chi connectivity index (χ1v) is 8.00. The normalized spacial score (nSPS) is 10.8. The number of hydrogen-bond donors (Lipinski definition) is 3. The van der Waals surface area contributed by atoms with Gasteiger partial charge in [-0.05, 0) is 23.8 Å². The van der Waals surface area contributed by atoms with Gasteiger partial charge < -0.3 is 20.9 Å². The molecule has 0 spiro atoms. The number of nitrogens with two attached hydrogens (primary N) is 1. The summed E-state index contributed by atoms with van der Waals surface area (Å²) in [5.41, 5.74) is 7.13. The molecule has 9 heteroatoms. The number of carbonyl (C=O) groups is 1. The Morgan fingerprint density at radius 1 is 1.38 bits per heavy atom. The van der Waals surface area contributed by atoms with Gasteiger partial charge in [-0.15, -0.1) is 0 Å². The Hall–Kier alpha value is -3.20. The molecule has 0 fully saturated rings. The fourth-order valence-electron chi connectivity index (χ4n) is 2.45. The van der Waals surface area contributed by atoms with Crippen LogP contribution in [0.4, 0.5) is 10.2 Å². The first-order chi connectivity index (χ1) is 12.6. The highest BCUT2D eigenvalue weighted by atomic mass is 19.1. The van der Waals surface area contributed by atoms with Crippen LogP contribution in [0.15, 0.2) is 36.7 Å².